The number of para-hydroxylation sites is 1. The minimum absolute atomic E-state index is 0.412. The van der Waals surface area contributed by atoms with Crippen LogP contribution in [0.4, 0.5) is 5.82 Å². The van der Waals surface area contributed by atoms with Crippen LogP contribution < -0.4 is 11.1 Å². The van der Waals surface area contributed by atoms with Crippen molar-refractivity contribution in [2.45, 2.75) is 26.2 Å². The molecule has 0 bridgehead atoms. The quantitative estimate of drug-likeness (QED) is 0.625. The van der Waals surface area contributed by atoms with Crippen LogP contribution in [0.5, 0.6) is 0 Å². The number of nitrogens with one attached hydrogen (secondary N) is 1. The molecule has 1 aromatic heterocycles. The first-order valence-electron chi connectivity index (χ1n) is 6.66. The first kappa shape index (κ1) is 13.7. The fourth-order valence-corrected chi connectivity index (χ4v) is 2.23. The fraction of sp³-hybridized carbons (Fsp3) is 0.333. The van der Waals surface area contributed by atoms with Crippen LogP contribution in [0.2, 0.25) is 0 Å². The Bertz CT molecular complexity index is 581. The van der Waals surface area contributed by atoms with E-state index in [0.717, 1.165) is 35.2 Å². The van der Waals surface area contributed by atoms with Gasteiger partial charge in [-0.05, 0) is 18.6 Å². The van der Waals surface area contributed by atoms with Crippen LogP contribution in [0.25, 0.3) is 10.9 Å². The summed E-state index contributed by atoms with van der Waals surface area (Å²) in [5.74, 6) is 0.845. The van der Waals surface area contributed by atoms with E-state index in [2.05, 4.69) is 17.2 Å². The lowest BCUT2D eigenvalue weighted by Crippen LogP contribution is -2.12. The van der Waals surface area contributed by atoms with Crippen LogP contribution >= 0.6 is 12.2 Å². The predicted molar refractivity (Wildman–Crippen MR) is 85.6 cm³/mol. The SMILES string of the molecule is CCCCCNc1cc(C(N)=S)c2ccccc2n1. The van der Waals surface area contributed by atoms with Gasteiger partial charge in [0.05, 0.1) is 5.52 Å². The lowest BCUT2D eigenvalue weighted by Gasteiger charge is -2.10. The topological polar surface area (TPSA) is 50.9 Å². The maximum absolute atomic E-state index is 5.80. The molecule has 100 valence electrons. The van der Waals surface area contributed by atoms with Crippen molar-refractivity contribution in [3.05, 3.63) is 35.9 Å². The van der Waals surface area contributed by atoms with E-state index in [1.54, 1.807) is 0 Å². The molecular weight excluding hydrogens is 254 g/mol. The maximum atomic E-state index is 5.80. The van der Waals surface area contributed by atoms with Gasteiger partial charge < -0.3 is 11.1 Å². The molecule has 1 aromatic carbocycles. The third-order valence-corrected chi connectivity index (χ3v) is 3.29. The van der Waals surface area contributed by atoms with Crippen molar-refractivity contribution >= 4 is 33.9 Å². The molecule has 0 aliphatic heterocycles. The summed E-state index contributed by atoms with van der Waals surface area (Å²) in [6.07, 6.45) is 3.58. The van der Waals surface area contributed by atoms with Gasteiger partial charge in [0.15, 0.2) is 0 Å². The molecule has 3 nitrogen and oxygen atoms in total. The second-order valence-electron chi connectivity index (χ2n) is 4.57. The van der Waals surface area contributed by atoms with Gasteiger partial charge in [0.2, 0.25) is 0 Å². The summed E-state index contributed by atoms with van der Waals surface area (Å²) in [5.41, 5.74) is 7.61. The molecule has 4 heteroatoms. The van der Waals surface area contributed by atoms with Crippen LogP contribution in [0.1, 0.15) is 31.7 Å². The summed E-state index contributed by atoms with van der Waals surface area (Å²) in [5, 5.41) is 4.35. The van der Waals surface area contributed by atoms with E-state index >= 15 is 0 Å². The summed E-state index contributed by atoms with van der Waals surface area (Å²) in [6, 6.07) is 9.86. The number of nitrogens with zero attached hydrogens (tertiary/aromatic N) is 1. The van der Waals surface area contributed by atoms with E-state index < -0.39 is 0 Å². The monoisotopic (exact) mass is 273 g/mol. The van der Waals surface area contributed by atoms with Gasteiger partial charge >= 0.3 is 0 Å². The summed E-state index contributed by atoms with van der Waals surface area (Å²) in [6.45, 7) is 3.12. The predicted octanol–water partition coefficient (Wildman–Crippen LogP) is 3.47. The van der Waals surface area contributed by atoms with Gasteiger partial charge in [-0.1, -0.05) is 50.2 Å². The van der Waals surface area contributed by atoms with Crippen molar-refractivity contribution in [2.24, 2.45) is 5.73 Å². The van der Waals surface area contributed by atoms with Crippen molar-refractivity contribution in [2.75, 3.05) is 11.9 Å². The van der Waals surface area contributed by atoms with Crippen LogP contribution in [0.3, 0.4) is 0 Å². The molecule has 0 atom stereocenters. The largest absolute Gasteiger partial charge is 0.389 e. The molecule has 0 saturated heterocycles. The third-order valence-electron chi connectivity index (χ3n) is 3.07. The van der Waals surface area contributed by atoms with Gasteiger partial charge in [0, 0.05) is 17.5 Å². The lowest BCUT2D eigenvalue weighted by atomic mass is 10.1. The Morgan fingerprint density at radius 2 is 2.11 bits per heavy atom. The third kappa shape index (κ3) is 3.41. The van der Waals surface area contributed by atoms with Gasteiger partial charge in [0.1, 0.15) is 10.8 Å². The highest BCUT2D eigenvalue weighted by molar-refractivity contribution is 7.80. The summed E-state index contributed by atoms with van der Waals surface area (Å²) >= 11 is 5.13. The number of hydrogen-bond acceptors (Lipinski definition) is 3. The first-order chi connectivity index (χ1) is 9.22. The molecule has 19 heavy (non-hydrogen) atoms. The number of anilines is 1. The van der Waals surface area contributed by atoms with Gasteiger partial charge in [0.25, 0.3) is 0 Å². The Hall–Kier alpha value is -1.68. The molecule has 0 fully saturated rings. The molecule has 0 aliphatic carbocycles. The second kappa shape index (κ2) is 6.48. The zero-order valence-corrected chi connectivity index (χ0v) is 12.0. The average Bonchev–Trinajstić information content (AvgIpc) is 2.42. The molecule has 2 aromatic rings. The van der Waals surface area contributed by atoms with E-state index in [1.165, 1.54) is 12.8 Å². The number of hydrogen-bond donors (Lipinski definition) is 2. The van der Waals surface area contributed by atoms with Crippen LogP contribution in [0, 0.1) is 0 Å². The van der Waals surface area contributed by atoms with Crippen molar-refractivity contribution < 1.29 is 0 Å². The van der Waals surface area contributed by atoms with E-state index in [1.807, 2.05) is 30.3 Å². The van der Waals surface area contributed by atoms with Crippen LogP contribution in [-0.4, -0.2) is 16.5 Å². The Morgan fingerprint density at radius 3 is 2.84 bits per heavy atom. The number of pyridine rings is 1. The molecular formula is C15H19N3S. The van der Waals surface area contributed by atoms with Crippen LogP contribution in [-0.2, 0) is 0 Å². The minimum Gasteiger partial charge on any atom is -0.389 e. The van der Waals surface area contributed by atoms with E-state index in [-0.39, 0.29) is 0 Å². The Morgan fingerprint density at radius 1 is 1.32 bits per heavy atom. The van der Waals surface area contributed by atoms with Crippen molar-refractivity contribution in [3.63, 3.8) is 0 Å². The Kier molecular flexibility index (Phi) is 4.68. The Labute approximate surface area is 119 Å². The fourth-order valence-electron chi connectivity index (χ4n) is 2.06. The molecule has 0 amide bonds. The number of aromatic nitrogens is 1. The highest BCUT2D eigenvalue weighted by Gasteiger charge is 2.07. The standard InChI is InChI=1S/C15H19N3S/c1-2-3-6-9-17-14-10-12(15(16)19)11-7-4-5-8-13(11)18-14/h4-5,7-8,10H,2-3,6,9H2,1H3,(H2,16,19)(H,17,18). The number of benzene rings is 1. The maximum Gasteiger partial charge on any atom is 0.127 e. The van der Waals surface area contributed by atoms with E-state index in [0.29, 0.717) is 4.99 Å². The summed E-state index contributed by atoms with van der Waals surface area (Å²) in [7, 11) is 0. The average molecular weight is 273 g/mol. The van der Waals surface area contributed by atoms with Crippen molar-refractivity contribution in [1.82, 2.24) is 4.98 Å². The number of rotatable bonds is 6. The number of thiocarbonyl (C=S) groups is 1. The van der Waals surface area contributed by atoms with Crippen molar-refractivity contribution in [1.29, 1.82) is 0 Å². The first-order valence-corrected chi connectivity index (χ1v) is 7.06. The zero-order valence-electron chi connectivity index (χ0n) is 11.1. The van der Waals surface area contributed by atoms with Gasteiger partial charge in [-0.3, -0.25) is 0 Å². The molecule has 0 radical (unpaired) electrons. The van der Waals surface area contributed by atoms with Crippen LogP contribution in [0.15, 0.2) is 30.3 Å². The molecule has 2 rings (SSSR count). The molecule has 0 unspecified atom stereocenters. The summed E-state index contributed by atoms with van der Waals surface area (Å²) < 4.78 is 0. The van der Waals surface area contributed by atoms with Gasteiger partial charge in [-0.15, -0.1) is 0 Å². The zero-order chi connectivity index (χ0) is 13.7. The lowest BCUT2D eigenvalue weighted by molar-refractivity contribution is 0.742. The van der Waals surface area contributed by atoms with Gasteiger partial charge in [-0.2, -0.15) is 0 Å². The minimum atomic E-state index is 0.412. The number of nitrogens with two attached hydrogens (primary N) is 1. The Balaban J connectivity index is 2.27. The number of fused-ring (bicyclic) bond motifs is 1. The molecule has 0 spiro atoms. The number of unbranched alkanes of at least 4 members (excludes halogenated alkanes) is 2. The molecule has 3 N–H and O–H groups in total. The molecule has 1 heterocycles. The highest BCUT2D eigenvalue weighted by Crippen LogP contribution is 2.20. The molecule has 0 saturated carbocycles. The second-order valence-corrected chi connectivity index (χ2v) is 5.01. The normalized spacial score (nSPS) is 10.6. The smallest absolute Gasteiger partial charge is 0.127 e. The van der Waals surface area contributed by atoms with E-state index in [9.17, 15) is 0 Å². The molecule has 0 aliphatic rings. The van der Waals surface area contributed by atoms with Crippen molar-refractivity contribution in [3.8, 4) is 0 Å². The summed E-state index contributed by atoms with van der Waals surface area (Å²) in [4.78, 5) is 5.00. The van der Waals surface area contributed by atoms with Gasteiger partial charge in [-0.25, -0.2) is 4.98 Å². The highest BCUT2D eigenvalue weighted by atomic mass is 32.1. The van der Waals surface area contributed by atoms with E-state index in [4.69, 9.17) is 18.0 Å².